The van der Waals surface area contributed by atoms with Crippen LogP contribution in [-0.4, -0.2) is 35.0 Å². The number of ketones is 1. The lowest BCUT2D eigenvalue weighted by Gasteiger charge is -2.22. The molecule has 0 amide bonds. The molecule has 0 spiro atoms. The van der Waals surface area contributed by atoms with Crippen molar-refractivity contribution >= 4 is 33.3 Å². The SMILES string of the molecule is O=C(c1ccc(F)cc1)c1cc2cnc(NC3CCOCC3)nc2s1. The van der Waals surface area contributed by atoms with Gasteiger partial charge in [-0.3, -0.25) is 4.79 Å². The van der Waals surface area contributed by atoms with Gasteiger partial charge in [0.1, 0.15) is 10.6 Å². The summed E-state index contributed by atoms with van der Waals surface area (Å²) < 4.78 is 18.4. The van der Waals surface area contributed by atoms with Gasteiger partial charge in [-0.15, -0.1) is 11.3 Å². The van der Waals surface area contributed by atoms with Crippen LogP contribution in [-0.2, 0) is 4.74 Å². The van der Waals surface area contributed by atoms with Crippen LogP contribution in [0.5, 0.6) is 0 Å². The van der Waals surface area contributed by atoms with E-state index in [9.17, 15) is 9.18 Å². The van der Waals surface area contributed by atoms with Gasteiger partial charge in [-0.05, 0) is 43.2 Å². The number of hydrogen-bond acceptors (Lipinski definition) is 6. The Morgan fingerprint density at radius 2 is 2.00 bits per heavy atom. The topological polar surface area (TPSA) is 64.1 Å². The molecule has 5 nitrogen and oxygen atoms in total. The van der Waals surface area contributed by atoms with Gasteiger partial charge in [-0.1, -0.05) is 0 Å². The van der Waals surface area contributed by atoms with Crippen LogP contribution in [0, 0.1) is 5.82 Å². The van der Waals surface area contributed by atoms with Gasteiger partial charge >= 0.3 is 0 Å². The molecular weight excluding hydrogens is 341 g/mol. The molecule has 0 aliphatic carbocycles. The number of halogens is 1. The average molecular weight is 357 g/mol. The van der Waals surface area contributed by atoms with Crippen LogP contribution in [0.2, 0.25) is 0 Å². The normalized spacial score (nSPS) is 15.4. The van der Waals surface area contributed by atoms with E-state index >= 15 is 0 Å². The summed E-state index contributed by atoms with van der Waals surface area (Å²) >= 11 is 1.32. The van der Waals surface area contributed by atoms with Crippen molar-refractivity contribution in [1.29, 1.82) is 0 Å². The first-order valence-electron chi connectivity index (χ1n) is 8.10. The van der Waals surface area contributed by atoms with Crippen molar-refractivity contribution in [1.82, 2.24) is 9.97 Å². The Morgan fingerprint density at radius 3 is 2.76 bits per heavy atom. The smallest absolute Gasteiger partial charge is 0.224 e. The Morgan fingerprint density at radius 1 is 1.24 bits per heavy atom. The van der Waals surface area contributed by atoms with Crippen LogP contribution in [0.3, 0.4) is 0 Å². The fraction of sp³-hybridized carbons (Fsp3) is 0.278. The first kappa shape index (κ1) is 16.1. The summed E-state index contributed by atoms with van der Waals surface area (Å²) in [5.41, 5.74) is 0.460. The second-order valence-electron chi connectivity index (χ2n) is 5.93. The highest BCUT2D eigenvalue weighted by Gasteiger charge is 2.17. The summed E-state index contributed by atoms with van der Waals surface area (Å²) in [7, 11) is 0. The molecule has 1 aromatic carbocycles. The van der Waals surface area contributed by atoms with E-state index in [1.54, 1.807) is 12.3 Å². The van der Waals surface area contributed by atoms with Gasteiger partial charge in [0.2, 0.25) is 11.7 Å². The molecule has 0 unspecified atom stereocenters. The number of aromatic nitrogens is 2. The van der Waals surface area contributed by atoms with E-state index in [-0.39, 0.29) is 11.6 Å². The lowest BCUT2D eigenvalue weighted by atomic mass is 10.1. The highest BCUT2D eigenvalue weighted by atomic mass is 32.1. The molecule has 0 atom stereocenters. The Balaban J connectivity index is 1.57. The van der Waals surface area contributed by atoms with Gasteiger partial charge in [0, 0.05) is 36.4 Å². The zero-order chi connectivity index (χ0) is 17.2. The predicted octanol–water partition coefficient (Wildman–Crippen LogP) is 3.65. The number of nitrogens with one attached hydrogen (secondary N) is 1. The van der Waals surface area contributed by atoms with Crippen LogP contribution in [0.1, 0.15) is 28.1 Å². The number of carbonyl (C=O) groups is 1. The van der Waals surface area contributed by atoms with Crippen LogP contribution < -0.4 is 5.32 Å². The molecule has 2 aromatic heterocycles. The van der Waals surface area contributed by atoms with Crippen LogP contribution in [0.4, 0.5) is 10.3 Å². The molecule has 1 aliphatic rings. The van der Waals surface area contributed by atoms with E-state index in [4.69, 9.17) is 4.74 Å². The van der Waals surface area contributed by atoms with Gasteiger partial charge < -0.3 is 10.1 Å². The third kappa shape index (κ3) is 3.52. The van der Waals surface area contributed by atoms with Crippen molar-refractivity contribution in [2.75, 3.05) is 18.5 Å². The number of carbonyl (C=O) groups excluding carboxylic acids is 1. The fourth-order valence-electron chi connectivity index (χ4n) is 2.78. The molecule has 1 aliphatic heterocycles. The number of rotatable bonds is 4. The zero-order valence-corrected chi connectivity index (χ0v) is 14.2. The predicted molar refractivity (Wildman–Crippen MR) is 94.7 cm³/mol. The summed E-state index contributed by atoms with van der Waals surface area (Å²) in [6.07, 6.45) is 3.59. The number of nitrogens with zero attached hydrogens (tertiary/aromatic N) is 2. The van der Waals surface area contributed by atoms with E-state index in [0.29, 0.717) is 22.4 Å². The number of hydrogen-bond donors (Lipinski definition) is 1. The lowest BCUT2D eigenvalue weighted by molar-refractivity contribution is 0.0903. The van der Waals surface area contributed by atoms with Crippen molar-refractivity contribution in [3.05, 3.63) is 52.8 Å². The lowest BCUT2D eigenvalue weighted by Crippen LogP contribution is -2.28. The Kier molecular flexibility index (Phi) is 4.42. The molecule has 1 N–H and O–H groups in total. The second-order valence-corrected chi connectivity index (χ2v) is 6.96. The Bertz CT molecular complexity index is 904. The molecule has 128 valence electrons. The number of benzene rings is 1. The molecular formula is C18H16FN3O2S. The first-order valence-corrected chi connectivity index (χ1v) is 8.92. The summed E-state index contributed by atoms with van der Waals surface area (Å²) in [5.74, 6) is 0.0755. The molecule has 3 heterocycles. The first-order chi connectivity index (χ1) is 12.2. The van der Waals surface area contributed by atoms with E-state index < -0.39 is 0 Å². The molecule has 25 heavy (non-hydrogen) atoms. The molecule has 0 radical (unpaired) electrons. The van der Waals surface area contributed by atoms with E-state index in [1.165, 1.54) is 35.6 Å². The van der Waals surface area contributed by atoms with Gasteiger partial charge in [0.25, 0.3) is 0 Å². The van der Waals surface area contributed by atoms with Crippen LogP contribution in [0.15, 0.2) is 36.5 Å². The van der Waals surface area contributed by atoms with E-state index in [0.717, 1.165) is 36.3 Å². The maximum atomic E-state index is 13.0. The number of ether oxygens (including phenoxy) is 1. The molecule has 4 rings (SSSR count). The highest BCUT2D eigenvalue weighted by Crippen LogP contribution is 2.27. The standard InChI is InChI=1S/C18H16FN3O2S/c19-13-3-1-11(2-4-13)16(23)15-9-12-10-20-18(22-17(12)25-15)21-14-5-7-24-8-6-14/h1-4,9-10,14H,5-8H2,(H,20,21,22). The van der Waals surface area contributed by atoms with Crippen LogP contribution in [0.25, 0.3) is 10.2 Å². The van der Waals surface area contributed by atoms with Crippen molar-refractivity contribution < 1.29 is 13.9 Å². The fourth-order valence-corrected chi connectivity index (χ4v) is 3.75. The number of fused-ring (bicyclic) bond motifs is 1. The quantitative estimate of drug-likeness (QED) is 0.722. The van der Waals surface area contributed by atoms with Gasteiger partial charge in [0.15, 0.2) is 0 Å². The van der Waals surface area contributed by atoms with Crippen molar-refractivity contribution in [2.45, 2.75) is 18.9 Å². The Hall–Kier alpha value is -2.38. The maximum Gasteiger partial charge on any atom is 0.224 e. The number of anilines is 1. The summed E-state index contributed by atoms with van der Waals surface area (Å²) in [6, 6.07) is 7.65. The largest absolute Gasteiger partial charge is 0.381 e. The minimum atomic E-state index is -0.359. The molecule has 3 aromatic rings. The highest BCUT2D eigenvalue weighted by molar-refractivity contribution is 7.20. The van der Waals surface area contributed by atoms with Crippen molar-refractivity contribution in [3.63, 3.8) is 0 Å². The Labute approximate surface area is 147 Å². The zero-order valence-electron chi connectivity index (χ0n) is 13.4. The van der Waals surface area contributed by atoms with Gasteiger partial charge in [-0.25, -0.2) is 14.4 Å². The third-order valence-electron chi connectivity index (χ3n) is 4.16. The monoisotopic (exact) mass is 357 g/mol. The minimum absolute atomic E-state index is 0.137. The summed E-state index contributed by atoms with van der Waals surface area (Å²) in [5, 5.41) is 4.15. The minimum Gasteiger partial charge on any atom is -0.381 e. The second kappa shape index (κ2) is 6.85. The molecule has 7 heteroatoms. The summed E-state index contributed by atoms with van der Waals surface area (Å²) in [4.78, 5) is 22.7. The maximum absolute atomic E-state index is 13.0. The average Bonchev–Trinajstić information content (AvgIpc) is 3.06. The van der Waals surface area contributed by atoms with Gasteiger partial charge in [-0.2, -0.15) is 0 Å². The molecule has 0 saturated carbocycles. The van der Waals surface area contributed by atoms with Crippen molar-refractivity contribution in [3.8, 4) is 0 Å². The third-order valence-corrected chi connectivity index (χ3v) is 5.20. The molecule has 1 fully saturated rings. The summed E-state index contributed by atoms with van der Waals surface area (Å²) in [6.45, 7) is 1.49. The van der Waals surface area contributed by atoms with Crippen LogP contribution >= 0.6 is 11.3 Å². The van der Waals surface area contributed by atoms with E-state index in [1.807, 2.05) is 0 Å². The van der Waals surface area contributed by atoms with Gasteiger partial charge in [0.05, 0.1) is 4.88 Å². The molecule has 0 bridgehead atoms. The number of thiophene rings is 1. The van der Waals surface area contributed by atoms with E-state index in [2.05, 4.69) is 15.3 Å². The van der Waals surface area contributed by atoms with Crippen molar-refractivity contribution in [2.24, 2.45) is 0 Å². The molecule has 1 saturated heterocycles.